The minimum absolute atomic E-state index is 0.0374. The van der Waals surface area contributed by atoms with Crippen LogP contribution in [0.3, 0.4) is 0 Å². The van der Waals surface area contributed by atoms with Crippen LogP contribution in [0.15, 0.2) is 24.3 Å². The average Bonchev–Trinajstić information content (AvgIpc) is 2.91. The molecule has 1 atom stereocenters. The van der Waals surface area contributed by atoms with E-state index in [2.05, 4.69) is 0 Å². The van der Waals surface area contributed by atoms with E-state index in [1.807, 2.05) is 0 Å². The van der Waals surface area contributed by atoms with Gasteiger partial charge in [0.15, 0.2) is 0 Å². The van der Waals surface area contributed by atoms with Gasteiger partial charge < -0.3 is 9.80 Å². The van der Waals surface area contributed by atoms with E-state index >= 15 is 0 Å². The van der Waals surface area contributed by atoms with E-state index in [9.17, 15) is 35.9 Å². The second kappa shape index (κ2) is 7.77. The third-order valence-corrected chi connectivity index (χ3v) is 4.30. The number of hydrogen-bond acceptors (Lipinski definition) is 2. The van der Waals surface area contributed by atoms with E-state index in [1.54, 1.807) is 0 Å². The molecule has 2 amide bonds. The van der Waals surface area contributed by atoms with Crippen LogP contribution in [0, 0.1) is 5.92 Å². The smallest absolute Gasteiger partial charge is 0.345 e. The Bertz CT molecular complexity index is 701. The largest absolute Gasteiger partial charge is 0.416 e. The van der Waals surface area contributed by atoms with Crippen LogP contribution in [-0.2, 0) is 22.3 Å². The van der Waals surface area contributed by atoms with Crippen molar-refractivity contribution >= 4 is 11.8 Å². The molecule has 1 unspecified atom stereocenters. The molecule has 1 saturated heterocycles. The molecule has 1 aromatic rings. The summed E-state index contributed by atoms with van der Waals surface area (Å²) >= 11 is 0. The van der Waals surface area contributed by atoms with Crippen molar-refractivity contribution in [3.8, 4) is 0 Å². The number of halogens is 6. The first-order valence-electron chi connectivity index (χ1n) is 8.12. The van der Waals surface area contributed by atoms with Crippen molar-refractivity contribution < 1.29 is 35.9 Å². The number of nitrogens with zero attached hydrogens (tertiary/aromatic N) is 2. The number of amides is 2. The minimum Gasteiger partial charge on any atom is -0.345 e. The SMILES string of the molecule is CN(CCC(F)(F)F)C(=O)C1CC(=O)N(Cc2cccc(C(F)(F)F)c2)C1. The van der Waals surface area contributed by atoms with Gasteiger partial charge in [0.25, 0.3) is 0 Å². The standard InChI is InChI=1S/C17H18F6N2O2/c1-24(6-5-16(18,19)20)15(27)12-8-14(26)25(10-12)9-11-3-2-4-13(7-11)17(21,22)23/h2-4,7,12H,5-6,8-10H2,1H3. The fraction of sp³-hybridized carbons (Fsp3) is 0.529. The van der Waals surface area contributed by atoms with E-state index < -0.39 is 48.6 Å². The second-order valence-electron chi connectivity index (χ2n) is 6.50. The molecule has 27 heavy (non-hydrogen) atoms. The van der Waals surface area contributed by atoms with Gasteiger partial charge in [-0.25, -0.2) is 0 Å². The summed E-state index contributed by atoms with van der Waals surface area (Å²) < 4.78 is 75.1. The summed E-state index contributed by atoms with van der Waals surface area (Å²) in [6.07, 6.45) is -10.2. The van der Waals surface area contributed by atoms with Gasteiger partial charge >= 0.3 is 12.4 Å². The molecule has 4 nitrogen and oxygen atoms in total. The highest BCUT2D eigenvalue weighted by molar-refractivity contribution is 5.89. The maximum Gasteiger partial charge on any atom is 0.416 e. The van der Waals surface area contributed by atoms with Crippen LogP contribution in [-0.4, -0.2) is 47.9 Å². The number of likely N-dealkylation sites (tertiary alicyclic amines) is 1. The normalized spacial score (nSPS) is 18.1. The predicted molar refractivity (Wildman–Crippen MR) is 83.3 cm³/mol. The molecule has 1 fully saturated rings. The van der Waals surface area contributed by atoms with E-state index in [4.69, 9.17) is 0 Å². The summed E-state index contributed by atoms with van der Waals surface area (Å²) in [5.74, 6) is -1.81. The van der Waals surface area contributed by atoms with Crippen molar-refractivity contribution in [3.05, 3.63) is 35.4 Å². The van der Waals surface area contributed by atoms with Crippen molar-refractivity contribution in [2.24, 2.45) is 5.92 Å². The van der Waals surface area contributed by atoms with Crippen molar-refractivity contribution in [2.75, 3.05) is 20.1 Å². The molecule has 0 bridgehead atoms. The fourth-order valence-corrected chi connectivity index (χ4v) is 2.87. The lowest BCUT2D eigenvalue weighted by molar-refractivity contribution is -0.146. The number of carbonyl (C=O) groups excluding carboxylic acids is 2. The Kier molecular flexibility index (Phi) is 6.06. The van der Waals surface area contributed by atoms with E-state index in [-0.39, 0.29) is 25.1 Å². The van der Waals surface area contributed by atoms with Crippen LogP contribution in [0.5, 0.6) is 0 Å². The van der Waals surface area contributed by atoms with E-state index in [1.165, 1.54) is 24.1 Å². The van der Waals surface area contributed by atoms with Crippen molar-refractivity contribution in [1.29, 1.82) is 0 Å². The second-order valence-corrected chi connectivity index (χ2v) is 6.50. The van der Waals surface area contributed by atoms with Gasteiger partial charge in [-0.05, 0) is 17.7 Å². The number of carbonyl (C=O) groups is 2. The molecule has 0 aliphatic carbocycles. The average molecular weight is 396 g/mol. The molecular weight excluding hydrogens is 378 g/mol. The Labute approximate surface area is 151 Å². The predicted octanol–water partition coefficient (Wildman–Crippen LogP) is 3.46. The lowest BCUT2D eigenvalue weighted by Gasteiger charge is -2.22. The third-order valence-electron chi connectivity index (χ3n) is 4.30. The molecule has 2 rings (SSSR count). The Morgan fingerprint density at radius 2 is 1.89 bits per heavy atom. The first kappa shape index (κ1) is 21.0. The molecule has 10 heteroatoms. The maximum absolute atomic E-state index is 12.8. The number of alkyl halides is 6. The van der Waals surface area contributed by atoms with Gasteiger partial charge in [-0.2, -0.15) is 26.3 Å². The molecule has 0 N–H and O–H groups in total. The van der Waals surface area contributed by atoms with Gasteiger partial charge in [-0.3, -0.25) is 9.59 Å². The van der Waals surface area contributed by atoms with Crippen LogP contribution in [0.4, 0.5) is 26.3 Å². The van der Waals surface area contributed by atoms with E-state index in [0.29, 0.717) is 0 Å². The zero-order valence-corrected chi connectivity index (χ0v) is 14.4. The van der Waals surface area contributed by atoms with Crippen LogP contribution in [0.1, 0.15) is 24.0 Å². The lowest BCUT2D eigenvalue weighted by Crippen LogP contribution is -2.36. The first-order chi connectivity index (χ1) is 12.4. The molecule has 1 aromatic carbocycles. The molecule has 1 aliphatic heterocycles. The highest BCUT2D eigenvalue weighted by Gasteiger charge is 2.37. The topological polar surface area (TPSA) is 40.6 Å². The Balaban J connectivity index is 1.98. The van der Waals surface area contributed by atoms with Crippen LogP contribution >= 0.6 is 0 Å². The van der Waals surface area contributed by atoms with E-state index in [0.717, 1.165) is 17.0 Å². The summed E-state index contributed by atoms with van der Waals surface area (Å²) in [4.78, 5) is 26.5. The molecule has 0 radical (unpaired) electrons. The third kappa shape index (κ3) is 5.86. The molecule has 1 aliphatic rings. The minimum atomic E-state index is -4.51. The highest BCUT2D eigenvalue weighted by atomic mass is 19.4. The molecule has 0 saturated carbocycles. The summed E-state index contributed by atoms with van der Waals surface area (Å²) in [5.41, 5.74) is -0.581. The highest BCUT2D eigenvalue weighted by Crippen LogP contribution is 2.30. The number of rotatable bonds is 5. The van der Waals surface area contributed by atoms with Crippen LogP contribution in [0.2, 0.25) is 0 Å². The first-order valence-corrected chi connectivity index (χ1v) is 8.12. The quantitative estimate of drug-likeness (QED) is 0.716. The van der Waals surface area contributed by atoms with Crippen LogP contribution in [0.25, 0.3) is 0 Å². The van der Waals surface area contributed by atoms with Gasteiger partial charge in [-0.1, -0.05) is 12.1 Å². The summed E-state index contributed by atoms with van der Waals surface area (Å²) in [5, 5.41) is 0. The zero-order valence-electron chi connectivity index (χ0n) is 14.4. The van der Waals surface area contributed by atoms with Gasteiger partial charge in [-0.15, -0.1) is 0 Å². The summed E-state index contributed by atoms with van der Waals surface area (Å²) in [7, 11) is 1.23. The molecule has 0 spiro atoms. The van der Waals surface area contributed by atoms with Gasteiger partial charge in [0.2, 0.25) is 11.8 Å². The van der Waals surface area contributed by atoms with Gasteiger partial charge in [0, 0.05) is 33.1 Å². The Hall–Kier alpha value is -2.26. The lowest BCUT2D eigenvalue weighted by atomic mass is 10.1. The Morgan fingerprint density at radius 1 is 1.22 bits per heavy atom. The van der Waals surface area contributed by atoms with Crippen LogP contribution < -0.4 is 0 Å². The number of benzene rings is 1. The number of hydrogen-bond donors (Lipinski definition) is 0. The van der Waals surface area contributed by atoms with Crippen molar-refractivity contribution in [3.63, 3.8) is 0 Å². The molecule has 0 aromatic heterocycles. The summed E-state index contributed by atoms with van der Waals surface area (Å²) in [6.45, 7) is -0.649. The maximum atomic E-state index is 12.8. The Morgan fingerprint density at radius 3 is 2.48 bits per heavy atom. The molecule has 1 heterocycles. The monoisotopic (exact) mass is 396 g/mol. The van der Waals surface area contributed by atoms with Gasteiger partial charge in [0.1, 0.15) is 0 Å². The summed E-state index contributed by atoms with van der Waals surface area (Å²) in [6, 6.07) is 4.51. The van der Waals surface area contributed by atoms with Crippen molar-refractivity contribution in [2.45, 2.75) is 31.7 Å². The van der Waals surface area contributed by atoms with Gasteiger partial charge in [0.05, 0.1) is 17.9 Å². The fourth-order valence-electron chi connectivity index (χ4n) is 2.87. The van der Waals surface area contributed by atoms with Crippen molar-refractivity contribution in [1.82, 2.24) is 9.80 Å². The molecule has 150 valence electrons. The zero-order chi connectivity index (χ0) is 20.4. The molecular formula is C17H18F6N2O2.